The molecule has 0 saturated heterocycles. The van der Waals surface area contributed by atoms with Crippen LogP contribution in [0.15, 0.2) is 57.7 Å². The monoisotopic (exact) mass is 403 g/mol. The van der Waals surface area contributed by atoms with E-state index in [0.717, 1.165) is 11.8 Å². The molecule has 2 heterocycles. The fourth-order valence-electron chi connectivity index (χ4n) is 3.94. The van der Waals surface area contributed by atoms with E-state index < -0.39 is 0 Å². The summed E-state index contributed by atoms with van der Waals surface area (Å²) in [6.07, 6.45) is 1.13. The van der Waals surface area contributed by atoms with Crippen molar-refractivity contribution < 1.29 is 4.42 Å². The molecule has 2 N–H and O–H groups in total. The van der Waals surface area contributed by atoms with E-state index in [0.29, 0.717) is 35.3 Å². The van der Waals surface area contributed by atoms with Crippen LogP contribution in [-0.4, -0.2) is 9.97 Å². The van der Waals surface area contributed by atoms with Crippen LogP contribution in [0.3, 0.4) is 0 Å². The lowest BCUT2D eigenvalue weighted by Gasteiger charge is -2.23. The first-order valence-corrected chi connectivity index (χ1v) is 10.7. The Balaban J connectivity index is 1.59. The Morgan fingerprint density at radius 1 is 1.03 bits per heavy atom. The normalized spacial score (nSPS) is 13.9. The number of nitrogens with one attached hydrogen (secondary N) is 2. The van der Waals surface area contributed by atoms with Gasteiger partial charge in [0.15, 0.2) is 0 Å². The molecule has 2 atom stereocenters. The smallest absolute Gasteiger partial charge is 0.294 e. The number of aromatic amines is 1. The Bertz CT molecular complexity index is 1200. The molecule has 2 aromatic carbocycles. The van der Waals surface area contributed by atoms with Crippen LogP contribution in [-0.2, 0) is 6.54 Å². The van der Waals surface area contributed by atoms with Crippen molar-refractivity contribution in [3.05, 3.63) is 75.8 Å². The van der Waals surface area contributed by atoms with Gasteiger partial charge in [-0.3, -0.25) is 4.79 Å². The highest BCUT2D eigenvalue weighted by Crippen LogP contribution is 2.26. The third kappa shape index (κ3) is 3.90. The van der Waals surface area contributed by atoms with Crippen molar-refractivity contribution in [2.75, 3.05) is 0 Å². The first kappa shape index (κ1) is 20.4. The zero-order valence-corrected chi connectivity index (χ0v) is 18.0. The largest absolute Gasteiger partial charge is 0.449 e. The Kier molecular flexibility index (Phi) is 5.73. The molecule has 0 aliphatic carbocycles. The van der Waals surface area contributed by atoms with Crippen molar-refractivity contribution in [1.82, 2.24) is 15.3 Å². The van der Waals surface area contributed by atoms with Crippen LogP contribution in [0.1, 0.15) is 63.0 Å². The Morgan fingerprint density at radius 3 is 2.43 bits per heavy atom. The van der Waals surface area contributed by atoms with Crippen LogP contribution in [0.5, 0.6) is 0 Å². The van der Waals surface area contributed by atoms with E-state index in [-0.39, 0.29) is 17.2 Å². The van der Waals surface area contributed by atoms with E-state index in [1.807, 2.05) is 24.3 Å². The number of furan rings is 1. The quantitative estimate of drug-likeness (QED) is 0.417. The lowest BCUT2D eigenvalue weighted by atomic mass is 9.92. The Labute approximate surface area is 176 Å². The number of aromatic nitrogens is 2. The summed E-state index contributed by atoms with van der Waals surface area (Å²) in [5, 5.41) is 4.45. The van der Waals surface area contributed by atoms with E-state index in [1.165, 1.54) is 11.1 Å². The van der Waals surface area contributed by atoms with Crippen molar-refractivity contribution in [1.29, 1.82) is 0 Å². The molecule has 0 radical (unpaired) electrons. The summed E-state index contributed by atoms with van der Waals surface area (Å²) >= 11 is 0. The topological polar surface area (TPSA) is 70.9 Å². The van der Waals surface area contributed by atoms with E-state index in [1.54, 1.807) is 0 Å². The van der Waals surface area contributed by atoms with Crippen LogP contribution < -0.4 is 10.9 Å². The molecular formula is C25H29N3O2. The number of H-pyrrole nitrogens is 1. The van der Waals surface area contributed by atoms with Crippen LogP contribution >= 0.6 is 0 Å². The molecule has 0 unspecified atom stereocenters. The minimum Gasteiger partial charge on any atom is -0.449 e. The molecule has 0 aliphatic heterocycles. The molecule has 0 spiro atoms. The van der Waals surface area contributed by atoms with Gasteiger partial charge in [-0.05, 0) is 41.5 Å². The van der Waals surface area contributed by atoms with Crippen molar-refractivity contribution in [3.63, 3.8) is 0 Å². The zero-order chi connectivity index (χ0) is 21.3. The molecule has 5 nitrogen and oxygen atoms in total. The average Bonchev–Trinajstić information content (AvgIpc) is 3.13. The SMILES string of the molecule is CC[C@H](C)c1ccc([C@@H](NCc2nc3c(oc4ccccc43)c(=O)[nH]2)C(C)C)cc1. The molecule has 0 fully saturated rings. The summed E-state index contributed by atoms with van der Waals surface area (Å²) in [6, 6.07) is 16.6. The van der Waals surface area contributed by atoms with Gasteiger partial charge in [-0.2, -0.15) is 0 Å². The van der Waals surface area contributed by atoms with Gasteiger partial charge < -0.3 is 14.7 Å². The maximum Gasteiger partial charge on any atom is 0.294 e. The molecule has 2 aromatic heterocycles. The molecular weight excluding hydrogens is 374 g/mol. The van der Waals surface area contributed by atoms with Gasteiger partial charge in [-0.1, -0.05) is 64.1 Å². The van der Waals surface area contributed by atoms with Gasteiger partial charge in [0, 0.05) is 11.4 Å². The Morgan fingerprint density at radius 2 is 1.73 bits per heavy atom. The predicted octanol–water partition coefficient (Wildman–Crippen LogP) is 5.67. The third-order valence-electron chi connectivity index (χ3n) is 5.91. The molecule has 0 saturated carbocycles. The molecule has 4 aromatic rings. The summed E-state index contributed by atoms with van der Waals surface area (Å²) in [5.41, 5.74) is 3.94. The van der Waals surface area contributed by atoms with Crippen LogP contribution in [0.4, 0.5) is 0 Å². The van der Waals surface area contributed by atoms with Crippen LogP contribution in [0, 0.1) is 5.92 Å². The number of hydrogen-bond donors (Lipinski definition) is 2. The highest BCUT2D eigenvalue weighted by Gasteiger charge is 2.18. The standard InChI is InChI=1S/C25H29N3O2/c1-5-16(4)17-10-12-18(13-11-17)22(15(2)3)26-14-21-27-23-19-8-6-7-9-20(19)30-24(23)25(29)28-21/h6-13,15-16,22,26H,5,14H2,1-4H3,(H,27,28,29)/t16-,22-/m0/s1. The van der Waals surface area contributed by atoms with Gasteiger partial charge in [-0.25, -0.2) is 4.98 Å². The van der Waals surface area contributed by atoms with Gasteiger partial charge in [-0.15, -0.1) is 0 Å². The first-order valence-electron chi connectivity index (χ1n) is 10.7. The Hall–Kier alpha value is -2.92. The fourth-order valence-corrected chi connectivity index (χ4v) is 3.94. The summed E-state index contributed by atoms with van der Waals surface area (Å²) in [6.45, 7) is 9.34. The minimum atomic E-state index is -0.244. The summed E-state index contributed by atoms with van der Waals surface area (Å²) in [4.78, 5) is 20.1. The van der Waals surface area contributed by atoms with Gasteiger partial charge in [0.1, 0.15) is 16.9 Å². The molecule has 4 rings (SSSR count). The number of para-hydroxylation sites is 1. The maximum atomic E-state index is 12.5. The van der Waals surface area contributed by atoms with Crippen LogP contribution in [0.2, 0.25) is 0 Å². The summed E-state index contributed by atoms with van der Waals surface area (Å²) < 4.78 is 5.68. The van der Waals surface area contributed by atoms with Crippen molar-refractivity contribution in [2.24, 2.45) is 5.92 Å². The van der Waals surface area contributed by atoms with Crippen LogP contribution in [0.25, 0.3) is 22.1 Å². The summed E-state index contributed by atoms with van der Waals surface area (Å²) in [5.74, 6) is 1.57. The molecule has 5 heteroatoms. The van der Waals surface area contributed by atoms with Gasteiger partial charge in [0.2, 0.25) is 5.58 Å². The van der Waals surface area contributed by atoms with Gasteiger partial charge in [0.05, 0.1) is 6.54 Å². The van der Waals surface area contributed by atoms with Gasteiger partial charge in [0.25, 0.3) is 5.56 Å². The van der Waals surface area contributed by atoms with Crippen molar-refractivity contribution in [2.45, 2.75) is 52.6 Å². The number of nitrogens with zero attached hydrogens (tertiary/aromatic N) is 1. The number of benzene rings is 2. The molecule has 0 bridgehead atoms. The second-order valence-corrected chi connectivity index (χ2v) is 8.37. The zero-order valence-electron chi connectivity index (χ0n) is 18.0. The number of fused-ring (bicyclic) bond motifs is 3. The lowest BCUT2D eigenvalue weighted by molar-refractivity contribution is 0.405. The lowest BCUT2D eigenvalue weighted by Crippen LogP contribution is -2.27. The predicted molar refractivity (Wildman–Crippen MR) is 122 cm³/mol. The van der Waals surface area contributed by atoms with Gasteiger partial charge >= 0.3 is 0 Å². The highest BCUT2D eigenvalue weighted by atomic mass is 16.3. The molecule has 0 aliphatic rings. The highest BCUT2D eigenvalue weighted by molar-refractivity contribution is 6.01. The second-order valence-electron chi connectivity index (χ2n) is 8.37. The summed E-state index contributed by atoms with van der Waals surface area (Å²) in [7, 11) is 0. The second kappa shape index (κ2) is 8.44. The average molecular weight is 404 g/mol. The van der Waals surface area contributed by atoms with E-state index in [4.69, 9.17) is 4.42 Å². The molecule has 30 heavy (non-hydrogen) atoms. The fraction of sp³-hybridized carbons (Fsp3) is 0.360. The number of hydrogen-bond acceptors (Lipinski definition) is 4. The number of rotatable bonds is 7. The first-order chi connectivity index (χ1) is 14.5. The van der Waals surface area contributed by atoms with Crippen molar-refractivity contribution >= 4 is 22.1 Å². The van der Waals surface area contributed by atoms with Crippen molar-refractivity contribution in [3.8, 4) is 0 Å². The third-order valence-corrected chi connectivity index (χ3v) is 5.91. The molecule has 156 valence electrons. The van der Waals surface area contributed by atoms with E-state index in [2.05, 4.69) is 67.2 Å². The minimum absolute atomic E-state index is 0.165. The van der Waals surface area contributed by atoms with E-state index >= 15 is 0 Å². The maximum absolute atomic E-state index is 12.5. The molecule has 0 amide bonds. The van der Waals surface area contributed by atoms with E-state index in [9.17, 15) is 4.79 Å².